The molecule has 5 rings (SSSR count). The average Bonchev–Trinajstić information content (AvgIpc) is 2.92. The molecule has 29 heavy (non-hydrogen) atoms. The van der Waals surface area contributed by atoms with E-state index in [-0.39, 0.29) is 5.82 Å². The highest BCUT2D eigenvalue weighted by Gasteiger charge is 2.20. The van der Waals surface area contributed by atoms with Gasteiger partial charge in [0, 0.05) is 54.4 Å². The number of nitrogens with zero attached hydrogens (tertiary/aromatic N) is 4. The third-order valence-electron chi connectivity index (χ3n) is 5.46. The van der Waals surface area contributed by atoms with Crippen LogP contribution >= 0.6 is 0 Å². The fourth-order valence-corrected chi connectivity index (χ4v) is 3.99. The summed E-state index contributed by atoms with van der Waals surface area (Å²) >= 11 is 0. The Morgan fingerprint density at radius 3 is 2.62 bits per heavy atom. The molecule has 2 heterocycles. The van der Waals surface area contributed by atoms with Gasteiger partial charge in [-0.05, 0) is 66.5 Å². The van der Waals surface area contributed by atoms with Gasteiger partial charge in [0.1, 0.15) is 5.82 Å². The number of halogens is 1. The molecule has 0 bridgehead atoms. The van der Waals surface area contributed by atoms with Crippen molar-refractivity contribution in [2.24, 2.45) is 0 Å². The van der Waals surface area contributed by atoms with Crippen molar-refractivity contribution in [3.63, 3.8) is 0 Å². The van der Waals surface area contributed by atoms with Crippen molar-refractivity contribution in [3.8, 4) is 11.4 Å². The molecule has 0 atom stereocenters. The lowest BCUT2D eigenvalue weighted by molar-refractivity contribution is 0.343. The van der Waals surface area contributed by atoms with E-state index in [4.69, 9.17) is 0 Å². The van der Waals surface area contributed by atoms with Crippen molar-refractivity contribution in [2.45, 2.75) is 6.54 Å². The Bertz CT molecular complexity index is 1180. The predicted molar refractivity (Wildman–Crippen MR) is 115 cm³/mol. The van der Waals surface area contributed by atoms with Gasteiger partial charge in [-0.25, -0.2) is 14.4 Å². The fourth-order valence-electron chi connectivity index (χ4n) is 3.99. The molecule has 144 valence electrons. The number of rotatable bonds is 2. The first-order chi connectivity index (χ1) is 14.2. The minimum atomic E-state index is -0.183. The minimum absolute atomic E-state index is 0.183. The van der Waals surface area contributed by atoms with Crippen LogP contribution in [0.5, 0.6) is 0 Å². The van der Waals surface area contributed by atoms with E-state index in [2.05, 4.69) is 51.1 Å². The zero-order valence-electron chi connectivity index (χ0n) is 16.2. The Morgan fingerprint density at radius 2 is 1.76 bits per heavy atom. The van der Waals surface area contributed by atoms with Gasteiger partial charge in [0.25, 0.3) is 0 Å². The van der Waals surface area contributed by atoms with E-state index >= 15 is 0 Å². The molecule has 0 fully saturated rings. The molecule has 0 spiro atoms. The molecule has 0 saturated heterocycles. The third kappa shape index (κ3) is 3.34. The highest BCUT2D eigenvalue weighted by atomic mass is 19.1. The fraction of sp³-hybridized carbons (Fsp3) is 0.167. The molecular formula is C24H21FN4. The lowest BCUT2D eigenvalue weighted by atomic mass is 10.0. The molecule has 3 aromatic carbocycles. The monoisotopic (exact) mass is 384 g/mol. The van der Waals surface area contributed by atoms with Gasteiger partial charge in [-0.15, -0.1) is 0 Å². The second-order valence-electron chi connectivity index (χ2n) is 7.45. The Labute approximate surface area is 169 Å². The van der Waals surface area contributed by atoms with Crippen molar-refractivity contribution < 1.29 is 4.39 Å². The summed E-state index contributed by atoms with van der Waals surface area (Å²) in [6.45, 7) is 2.66. The maximum Gasteiger partial charge on any atom is 0.159 e. The van der Waals surface area contributed by atoms with Crippen molar-refractivity contribution in [2.75, 3.05) is 25.0 Å². The lowest BCUT2D eigenvalue weighted by Crippen LogP contribution is -2.26. The van der Waals surface area contributed by atoms with Gasteiger partial charge in [-0.2, -0.15) is 0 Å². The first kappa shape index (κ1) is 17.8. The summed E-state index contributed by atoms with van der Waals surface area (Å²) in [5.74, 6) is 0.549. The van der Waals surface area contributed by atoms with Gasteiger partial charge >= 0.3 is 0 Å². The van der Waals surface area contributed by atoms with E-state index in [9.17, 15) is 4.39 Å². The SMILES string of the molecule is CN1CCN(c2ccc3c(F)cccc3c2)c2ccc(-c3ncccn3)cc2C1. The number of benzene rings is 3. The Morgan fingerprint density at radius 1 is 0.897 bits per heavy atom. The number of hydrogen-bond acceptors (Lipinski definition) is 4. The summed E-state index contributed by atoms with van der Waals surface area (Å²) in [5.41, 5.74) is 4.49. The molecule has 0 saturated carbocycles. The van der Waals surface area contributed by atoms with E-state index in [1.807, 2.05) is 24.3 Å². The number of anilines is 2. The summed E-state index contributed by atoms with van der Waals surface area (Å²) in [6.07, 6.45) is 3.53. The second-order valence-corrected chi connectivity index (χ2v) is 7.45. The molecule has 0 amide bonds. The van der Waals surface area contributed by atoms with E-state index in [1.54, 1.807) is 18.5 Å². The summed E-state index contributed by atoms with van der Waals surface area (Å²) < 4.78 is 14.1. The van der Waals surface area contributed by atoms with Gasteiger partial charge in [-0.1, -0.05) is 12.1 Å². The topological polar surface area (TPSA) is 32.3 Å². The van der Waals surface area contributed by atoms with E-state index in [0.717, 1.165) is 42.1 Å². The summed E-state index contributed by atoms with van der Waals surface area (Å²) in [5, 5.41) is 1.57. The van der Waals surface area contributed by atoms with Crippen LogP contribution in [0.1, 0.15) is 5.56 Å². The molecule has 0 unspecified atom stereocenters. The van der Waals surface area contributed by atoms with Crippen LogP contribution < -0.4 is 4.90 Å². The molecule has 5 heteroatoms. The van der Waals surface area contributed by atoms with Crippen molar-refractivity contribution in [1.29, 1.82) is 0 Å². The van der Waals surface area contributed by atoms with Crippen LogP contribution in [-0.2, 0) is 6.54 Å². The maximum atomic E-state index is 14.1. The zero-order chi connectivity index (χ0) is 19.8. The van der Waals surface area contributed by atoms with E-state index < -0.39 is 0 Å². The van der Waals surface area contributed by atoms with Gasteiger partial charge in [-0.3, -0.25) is 0 Å². The number of likely N-dealkylation sites (N-methyl/N-ethyl adjacent to an activating group) is 1. The van der Waals surface area contributed by atoms with E-state index in [1.165, 1.54) is 17.3 Å². The van der Waals surface area contributed by atoms with Crippen LogP contribution in [0.3, 0.4) is 0 Å². The van der Waals surface area contributed by atoms with Crippen LogP contribution in [0.15, 0.2) is 73.1 Å². The first-order valence-electron chi connectivity index (χ1n) is 9.74. The van der Waals surface area contributed by atoms with Crippen LogP contribution in [0, 0.1) is 5.82 Å². The largest absolute Gasteiger partial charge is 0.340 e. The van der Waals surface area contributed by atoms with Gasteiger partial charge in [0.15, 0.2) is 5.82 Å². The van der Waals surface area contributed by atoms with Crippen molar-refractivity contribution >= 4 is 22.1 Å². The molecule has 0 aliphatic carbocycles. The highest BCUT2D eigenvalue weighted by molar-refractivity contribution is 5.87. The molecule has 0 N–H and O–H groups in total. The second kappa shape index (κ2) is 7.26. The summed E-state index contributed by atoms with van der Waals surface area (Å²) in [4.78, 5) is 13.4. The summed E-state index contributed by atoms with van der Waals surface area (Å²) in [6, 6.07) is 19.4. The first-order valence-corrected chi connectivity index (χ1v) is 9.74. The molecule has 4 aromatic rings. The quantitative estimate of drug-likeness (QED) is 0.486. The Hall–Kier alpha value is -3.31. The van der Waals surface area contributed by atoms with Crippen LogP contribution in [0.2, 0.25) is 0 Å². The van der Waals surface area contributed by atoms with Crippen molar-refractivity contribution in [3.05, 3.63) is 84.4 Å². The van der Waals surface area contributed by atoms with Crippen LogP contribution in [0.25, 0.3) is 22.2 Å². The zero-order valence-corrected chi connectivity index (χ0v) is 16.2. The van der Waals surface area contributed by atoms with Gasteiger partial charge in [0.05, 0.1) is 0 Å². The molecule has 1 aliphatic rings. The summed E-state index contributed by atoms with van der Waals surface area (Å²) in [7, 11) is 2.13. The standard InChI is InChI=1S/C24H21FN4/c1-28-12-13-29(20-7-8-21-17(15-20)4-2-5-22(21)25)23-9-6-18(14-19(23)16-28)24-26-10-3-11-27-24/h2-11,14-15H,12-13,16H2,1H3. The molecule has 1 aliphatic heterocycles. The smallest absolute Gasteiger partial charge is 0.159 e. The number of fused-ring (bicyclic) bond motifs is 2. The normalized spacial score (nSPS) is 14.6. The Kier molecular flexibility index (Phi) is 4.45. The van der Waals surface area contributed by atoms with Crippen LogP contribution in [0.4, 0.5) is 15.8 Å². The minimum Gasteiger partial charge on any atom is -0.340 e. The van der Waals surface area contributed by atoms with Crippen LogP contribution in [-0.4, -0.2) is 35.0 Å². The molecule has 1 aromatic heterocycles. The lowest BCUT2D eigenvalue weighted by Gasteiger charge is -2.25. The Balaban J connectivity index is 1.60. The van der Waals surface area contributed by atoms with Crippen molar-refractivity contribution in [1.82, 2.24) is 14.9 Å². The van der Waals surface area contributed by atoms with Gasteiger partial charge < -0.3 is 9.80 Å². The maximum absolute atomic E-state index is 14.1. The molecule has 4 nitrogen and oxygen atoms in total. The predicted octanol–water partition coefficient (Wildman–Crippen LogP) is 5.02. The third-order valence-corrected chi connectivity index (χ3v) is 5.46. The molecular weight excluding hydrogens is 363 g/mol. The average molecular weight is 384 g/mol. The number of aromatic nitrogens is 2. The highest BCUT2D eigenvalue weighted by Crippen LogP contribution is 2.35. The molecule has 0 radical (unpaired) electrons. The van der Waals surface area contributed by atoms with E-state index in [0.29, 0.717) is 5.39 Å². The number of hydrogen-bond donors (Lipinski definition) is 0. The van der Waals surface area contributed by atoms with Gasteiger partial charge in [0.2, 0.25) is 0 Å².